The number of carbonyl (C=O) groups is 1. The van der Waals surface area contributed by atoms with E-state index < -0.39 is 0 Å². The fourth-order valence-corrected chi connectivity index (χ4v) is 2.69. The Morgan fingerprint density at radius 2 is 2.05 bits per heavy atom. The number of allylic oxidation sites excluding steroid dienone is 1. The third kappa shape index (κ3) is 3.22. The maximum Gasteiger partial charge on any atom is 0.414 e. The highest BCUT2D eigenvalue weighted by atomic mass is 16.6. The maximum absolute atomic E-state index is 11.9. The fraction of sp³-hybridized carbons (Fsp3) is 0.278. The number of hydrogen-bond acceptors (Lipinski definition) is 2. The van der Waals surface area contributed by atoms with E-state index in [2.05, 4.69) is 22.8 Å². The van der Waals surface area contributed by atoms with Crippen LogP contribution in [-0.2, 0) is 24.6 Å². The van der Waals surface area contributed by atoms with Crippen molar-refractivity contribution in [1.29, 1.82) is 0 Å². The smallest absolute Gasteiger partial charge is 0.414 e. The van der Waals surface area contributed by atoms with Crippen molar-refractivity contribution in [2.45, 2.75) is 18.9 Å². The molecular formula is C18H20N2O2. The Kier molecular flexibility index (Phi) is 4.28. The molecule has 1 aromatic heterocycles. The molecule has 1 aromatic carbocycles. The van der Waals surface area contributed by atoms with E-state index >= 15 is 0 Å². The summed E-state index contributed by atoms with van der Waals surface area (Å²) in [7, 11) is 2.02. The van der Waals surface area contributed by atoms with Crippen LogP contribution in [0.1, 0.15) is 11.3 Å². The summed E-state index contributed by atoms with van der Waals surface area (Å²) in [6.07, 6.45) is 7.23. The first-order valence-electron chi connectivity index (χ1n) is 7.50. The summed E-state index contributed by atoms with van der Waals surface area (Å²) < 4.78 is 7.27. The van der Waals surface area contributed by atoms with Crippen LogP contribution in [0.15, 0.2) is 60.9 Å². The molecule has 1 atom stereocenters. The number of carbonyl (C=O) groups excluding carboxylic acids is 1. The molecule has 1 saturated heterocycles. The molecular weight excluding hydrogens is 276 g/mol. The number of aryl methyl sites for hydroxylation is 1. The van der Waals surface area contributed by atoms with Crippen LogP contribution >= 0.6 is 0 Å². The number of rotatable bonds is 5. The minimum absolute atomic E-state index is 0.0690. The van der Waals surface area contributed by atoms with Crippen molar-refractivity contribution in [3.63, 3.8) is 0 Å². The molecule has 2 aromatic rings. The van der Waals surface area contributed by atoms with Gasteiger partial charge in [0.2, 0.25) is 0 Å². The first-order valence-corrected chi connectivity index (χ1v) is 7.50. The van der Waals surface area contributed by atoms with Crippen LogP contribution in [0.3, 0.4) is 0 Å². The van der Waals surface area contributed by atoms with E-state index in [4.69, 9.17) is 4.74 Å². The Morgan fingerprint density at radius 1 is 1.23 bits per heavy atom. The standard InChI is InChI=1S/C18H20N2O2/c1-19-11-5-9-16(19)10-6-12-20-17(14-22-18(20)21)13-15-7-3-2-4-8-15/h2-9,11-12,17H,10,13-14H2,1H3/b12-6+/t17-/m0/s1. The number of hydrogen-bond donors (Lipinski definition) is 0. The third-order valence-electron chi connectivity index (χ3n) is 3.96. The van der Waals surface area contributed by atoms with Gasteiger partial charge >= 0.3 is 6.09 Å². The first-order chi connectivity index (χ1) is 10.7. The van der Waals surface area contributed by atoms with E-state index in [1.165, 1.54) is 11.3 Å². The van der Waals surface area contributed by atoms with Gasteiger partial charge in [-0.3, -0.25) is 4.90 Å². The number of aromatic nitrogens is 1. The van der Waals surface area contributed by atoms with Crippen molar-refractivity contribution >= 4 is 6.09 Å². The molecule has 0 aliphatic carbocycles. The summed E-state index contributed by atoms with van der Waals surface area (Å²) in [4.78, 5) is 13.6. The average Bonchev–Trinajstić information content (AvgIpc) is 3.08. The van der Waals surface area contributed by atoms with Crippen molar-refractivity contribution < 1.29 is 9.53 Å². The largest absolute Gasteiger partial charge is 0.447 e. The molecule has 4 heteroatoms. The lowest BCUT2D eigenvalue weighted by atomic mass is 10.1. The Labute approximate surface area is 130 Å². The quantitative estimate of drug-likeness (QED) is 0.849. The van der Waals surface area contributed by atoms with Crippen LogP contribution in [0.5, 0.6) is 0 Å². The van der Waals surface area contributed by atoms with E-state index in [0.717, 1.165) is 12.8 Å². The lowest BCUT2D eigenvalue weighted by molar-refractivity contribution is 0.166. The zero-order valence-corrected chi connectivity index (χ0v) is 12.7. The van der Waals surface area contributed by atoms with Crippen molar-refractivity contribution in [3.05, 3.63) is 72.2 Å². The summed E-state index contributed by atoms with van der Waals surface area (Å²) in [6.45, 7) is 0.447. The SMILES string of the molecule is Cn1cccc1C/C=C/N1C(=O)OC[C@@H]1Cc1ccccc1. The first kappa shape index (κ1) is 14.4. The predicted octanol–water partition coefficient (Wildman–Crippen LogP) is 3.14. The fourth-order valence-electron chi connectivity index (χ4n) is 2.69. The van der Waals surface area contributed by atoms with Crippen molar-refractivity contribution in [2.75, 3.05) is 6.61 Å². The lowest BCUT2D eigenvalue weighted by Crippen LogP contribution is -2.30. The Balaban J connectivity index is 1.65. The van der Waals surface area contributed by atoms with Gasteiger partial charge in [-0.2, -0.15) is 0 Å². The van der Waals surface area contributed by atoms with Crippen LogP contribution in [0, 0.1) is 0 Å². The number of benzene rings is 1. The van der Waals surface area contributed by atoms with Gasteiger partial charge in [-0.15, -0.1) is 0 Å². The van der Waals surface area contributed by atoms with Crippen LogP contribution in [0.25, 0.3) is 0 Å². The van der Waals surface area contributed by atoms with Gasteiger partial charge < -0.3 is 9.30 Å². The summed E-state index contributed by atoms with van der Waals surface area (Å²) >= 11 is 0. The highest BCUT2D eigenvalue weighted by molar-refractivity contribution is 5.71. The van der Waals surface area contributed by atoms with Gasteiger partial charge in [-0.05, 0) is 24.1 Å². The second-order valence-electron chi connectivity index (χ2n) is 5.53. The van der Waals surface area contributed by atoms with E-state index in [-0.39, 0.29) is 12.1 Å². The zero-order valence-electron chi connectivity index (χ0n) is 12.7. The van der Waals surface area contributed by atoms with Gasteiger partial charge in [0.15, 0.2) is 0 Å². The topological polar surface area (TPSA) is 34.5 Å². The van der Waals surface area contributed by atoms with Gasteiger partial charge in [0.05, 0.1) is 6.04 Å². The maximum atomic E-state index is 11.9. The second kappa shape index (κ2) is 6.52. The second-order valence-corrected chi connectivity index (χ2v) is 5.53. The van der Waals surface area contributed by atoms with Crippen LogP contribution in [0.4, 0.5) is 4.79 Å². The highest BCUT2D eigenvalue weighted by Gasteiger charge is 2.31. The Morgan fingerprint density at radius 3 is 2.77 bits per heavy atom. The molecule has 0 radical (unpaired) electrons. The molecule has 0 saturated carbocycles. The minimum Gasteiger partial charge on any atom is -0.447 e. The van der Waals surface area contributed by atoms with Crippen LogP contribution in [-0.4, -0.2) is 28.2 Å². The van der Waals surface area contributed by atoms with E-state index in [1.807, 2.05) is 49.8 Å². The molecule has 114 valence electrons. The summed E-state index contributed by atoms with van der Waals surface area (Å²) in [5.41, 5.74) is 2.43. The normalized spacial score (nSPS) is 18.1. The van der Waals surface area contributed by atoms with Gasteiger partial charge in [0, 0.05) is 31.6 Å². The molecule has 1 aliphatic heterocycles. The Bertz CT molecular complexity index is 661. The number of nitrogens with zero attached hydrogens (tertiary/aromatic N) is 2. The molecule has 0 N–H and O–H groups in total. The molecule has 22 heavy (non-hydrogen) atoms. The molecule has 1 aliphatic rings. The van der Waals surface area contributed by atoms with Crippen molar-refractivity contribution in [2.24, 2.45) is 7.05 Å². The van der Waals surface area contributed by atoms with Crippen LogP contribution < -0.4 is 0 Å². The van der Waals surface area contributed by atoms with Gasteiger partial charge in [0.25, 0.3) is 0 Å². The number of amides is 1. The van der Waals surface area contributed by atoms with Gasteiger partial charge in [-0.25, -0.2) is 4.79 Å². The van der Waals surface area contributed by atoms with Gasteiger partial charge in [0.1, 0.15) is 6.61 Å². The summed E-state index contributed by atoms with van der Waals surface area (Å²) in [5, 5.41) is 0. The molecule has 2 heterocycles. The third-order valence-corrected chi connectivity index (χ3v) is 3.96. The molecule has 1 amide bonds. The summed E-state index contributed by atoms with van der Waals surface area (Å²) in [6, 6.07) is 14.4. The van der Waals surface area contributed by atoms with Crippen LogP contribution in [0.2, 0.25) is 0 Å². The Hall–Kier alpha value is -2.49. The molecule has 0 spiro atoms. The van der Waals surface area contributed by atoms with Gasteiger partial charge in [-0.1, -0.05) is 36.4 Å². The minimum atomic E-state index is -0.260. The number of ether oxygens (including phenoxy) is 1. The van der Waals surface area contributed by atoms with E-state index in [1.54, 1.807) is 4.90 Å². The molecule has 3 rings (SSSR count). The van der Waals surface area contributed by atoms with E-state index in [0.29, 0.717) is 6.61 Å². The molecule has 1 fully saturated rings. The molecule has 0 bridgehead atoms. The zero-order chi connectivity index (χ0) is 15.4. The van der Waals surface area contributed by atoms with Crippen molar-refractivity contribution in [3.8, 4) is 0 Å². The summed E-state index contributed by atoms with van der Waals surface area (Å²) in [5.74, 6) is 0. The predicted molar refractivity (Wildman–Crippen MR) is 85.4 cm³/mol. The van der Waals surface area contributed by atoms with Crippen molar-refractivity contribution in [1.82, 2.24) is 9.47 Å². The monoisotopic (exact) mass is 296 g/mol. The average molecular weight is 296 g/mol. The number of cyclic esters (lactones) is 1. The van der Waals surface area contributed by atoms with E-state index in [9.17, 15) is 4.79 Å². The molecule has 0 unspecified atom stereocenters. The highest BCUT2D eigenvalue weighted by Crippen LogP contribution is 2.18. The molecule has 4 nitrogen and oxygen atoms in total. The lowest BCUT2D eigenvalue weighted by Gasteiger charge is -2.17.